The summed E-state index contributed by atoms with van der Waals surface area (Å²) < 4.78 is 38.1. The Balaban J connectivity index is 1.05. The van der Waals surface area contributed by atoms with Crippen molar-refractivity contribution in [2.24, 2.45) is 11.8 Å². The molecule has 12 nitrogen and oxygen atoms in total. The Hall–Kier alpha value is -2.51. The predicted molar refractivity (Wildman–Crippen MR) is 135 cm³/mol. The topological polar surface area (TPSA) is 125 Å². The average molecular weight is 537 g/mol. The van der Waals surface area contributed by atoms with Crippen LogP contribution in [0.25, 0.3) is 0 Å². The van der Waals surface area contributed by atoms with E-state index >= 15 is 0 Å². The lowest BCUT2D eigenvalue weighted by molar-refractivity contribution is -0.120. The minimum atomic E-state index is -3.47. The van der Waals surface area contributed by atoms with Crippen LogP contribution in [0, 0.1) is 11.8 Å². The molecule has 3 saturated heterocycles. The van der Waals surface area contributed by atoms with Crippen molar-refractivity contribution in [3.05, 3.63) is 12.4 Å². The van der Waals surface area contributed by atoms with Crippen molar-refractivity contribution in [2.45, 2.75) is 38.2 Å². The predicted octanol–water partition coefficient (Wildman–Crippen LogP) is 0.797. The summed E-state index contributed by atoms with van der Waals surface area (Å²) in [5.74, 6) is 0.946. The number of rotatable bonds is 8. The fourth-order valence-electron chi connectivity index (χ4n) is 5.03. The van der Waals surface area contributed by atoms with E-state index in [0.29, 0.717) is 37.3 Å². The summed E-state index contributed by atoms with van der Waals surface area (Å²) in [5.41, 5.74) is -0.259. The van der Waals surface area contributed by atoms with E-state index in [1.807, 2.05) is 14.0 Å². The molecule has 0 atom stereocenters. The van der Waals surface area contributed by atoms with E-state index in [9.17, 15) is 18.0 Å². The van der Waals surface area contributed by atoms with E-state index < -0.39 is 10.0 Å². The lowest BCUT2D eigenvalue weighted by Crippen LogP contribution is -2.55. The number of aromatic nitrogens is 2. The van der Waals surface area contributed by atoms with Crippen molar-refractivity contribution in [3.8, 4) is 5.88 Å². The second kappa shape index (κ2) is 10.3. The van der Waals surface area contributed by atoms with Gasteiger partial charge in [-0.05, 0) is 51.5 Å². The number of ether oxygens (including phenoxy) is 2. The molecular formula is C24H36N6O6S. The summed E-state index contributed by atoms with van der Waals surface area (Å²) in [5, 5.41) is 0. The molecule has 204 valence electrons. The van der Waals surface area contributed by atoms with Crippen molar-refractivity contribution in [2.75, 3.05) is 70.1 Å². The molecule has 0 bridgehead atoms. The first-order chi connectivity index (χ1) is 17.6. The van der Waals surface area contributed by atoms with Crippen LogP contribution in [-0.4, -0.2) is 115 Å². The molecule has 0 radical (unpaired) electrons. The van der Waals surface area contributed by atoms with Crippen LogP contribution < -0.4 is 9.64 Å². The van der Waals surface area contributed by atoms with Gasteiger partial charge >= 0.3 is 6.09 Å². The van der Waals surface area contributed by atoms with E-state index in [2.05, 4.69) is 14.9 Å². The van der Waals surface area contributed by atoms with Gasteiger partial charge in [-0.15, -0.1) is 0 Å². The highest BCUT2D eigenvalue weighted by Gasteiger charge is 2.43. The molecule has 1 aromatic rings. The van der Waals surface area contributed by atoms with Gasteiger partial charge in [-0.3, -0.25) is 9.69 Å². The summed E-state index contributed by atoms with van der Waals surface area (Å²) >= 11 is 0. The van der Waals surface area contributed by atoms with Crippen LogP contribution in [0.15, 0.2) is 12.4 Å². The number of hydrogen-bond acceptors (Lipinski definition) is 9. The zero-order chi connectivity index (χ0) is 26.2. The van der Waals surface area contributed by atoms with Crippen LogP contribution >= 0.6 is 0 Å². The Morgan fingerprint density at radius 3 is 2.41 bits per heavy atom. The number of carbonyl (C=O) groups excluding carboxylic acids is 2. The van der Waals surface area contributed by atoms with Crippen molar-refractivity contribution in [1.82, 2.24) is 24.1 Å². The lowest BCUT2D eigenvalue weighted by atomic mass is 9.98. The number of amides is 2. The van der Waals surface area contributed by atoms with Gasteiger partial charge in [0.2, 0.25) is 21.8 Å². The third-order valence-corrected chi connectivity index (χ3v) is 9.67. The molecule has 0 unspecified atom stereocenters. The second-order valence-electron chi connectivity index (χ2n) is 11.0. The highest BCUT2D eigenvalue weighted by Crippen LogP contribution is 2.39. The number of hydrogen-bond donors (Lipinski definition) is 0. The zero-order valence-electron chi connectivity index (χ0n) is 21.5. The summed E-state index contributed by atoms with van der Waals surface area (Å²) in [6.45, 7) is 5.56. The van der Waals surface area contributed by atoms with Crippen molar-refractivity contribution in [1.29, 1.82) is 0 Å². The molecule has 4 heterocycles. The van der Waals surface area contributed by atoms with Gasteiger partial charge in [0, 0.05) is 39.3 Å². The maximum atomic E-state index is 12.7. The van der Waals surface area contributed by atoms with Gasteiger partial charge in [0.1, 0.15) is 5.60 Å². The average Bonchev–Trinajstić information content (AvgIpc) is 3.58. The molecular weight excluding hydrogens is 500 g/mol. The molecule has 1 aromatic heterocycles. The molecule has 5 rings (SSSR count). The van der Waals surface area contributed by atoms with Crippen LogP contribution in [0.3, 0.4) is 0 Å². The monoisotopic (exact) mass is 536 g/mol. The van der Waals surface area contributed by atoms with Crippen LogP contribution in [0.4, 0.5) is 10.6 Å². The van der Waals surface area contributed by atoms with Gasteiger partial charge in [-0.25, -0.2) is 23.2 Å². The van der Waals surface area contributed by atoms with Gasteiger partial charge in [-0.2, -0.15) is 4.31 Å². The molecule has 1 saturated carbocycles. The van der Waals surface area contributed by atoms with Crippen molar-refractivity contribution >= 4 is 27.8 Å². The number of carbonyl (C=O) groups is 2. The maximum Gasteiger partial charge on any atom is 0.410 e. The van der Waals surface area contributed by atoms with E-state index in [4.69, 9.17) is 9.47 Å². The third-order valence-electron chi connectivity index (χ3n) is 7.68. The summed E-state index contributed by atoms with van der Waals surface area (Å²) in [4.78, 5) is 38.9. The number of anilines is 1. The minimum Gasteiger partial charge on any atom is -0.476 e. The van der Waals surface area contributed by atoms with E-state index in [1.54, 1.807) is 4.90 Å². The van der Waals surface area contributed by atoms with Gasteiger partial charge in [0.05, 0.1) is 31.3 Å². The molecule has 4 fully saturated rings. The Bertz CT molecular complexity index is 1100. The molecule has 37 heavy (non-hydrogen) atoms. The first-order valence-electron chi connectivity index (χ1n) is 13.0. The highest BCUT2D eigenvalue weighted by molar-refractivity contribution is 7.89. The molecule has 0 spiro atoms. The Kier molecular flexibility index (Phi) is 7.29. The number of likely N-dealkylation sites (tertiary alicyclic amines) is 2. The third kappa shape index (κ3) is 6.32. The van der Waals surface area contributed by atoms with Crippen molar-refractivity contribution < 1.29 is 27.5 Å². The van der Waals surface area contributed by atoms with Gasteiger partial charge in [0.25, 0.3) is 0 Å². The largest absolute Gasteiger partial charge is 0.476 e. The maximum absolute atomic E-state index is 12.7. The van der Waals surface area contributed by atoms with Gasteiger partial charge < -0.3 is 19.3 Å². The molecule has 3 aliphatic heterocycles. The Morgan fingerprint density at radius 1 is 1.08 bits per heavy atom. The molecule has 0 aromatic carbocycles. The van der Waals surface area contributed by atoms with E-state index in [-0.39, 0.29) is 48.9 Å². The Labute approximate surface area is 217 Å². The highest BCUT2D eigenvalue weighted by atomic mass is 32.2. The standard InChI is InChI=1S/C24H36N6O6S/c1-24(5-6-24)36-23(32)28-7-3-18(4-8-28)16-35-21-12-25-20(11-26-21)30-10-9-29(15-22(30)31)37(33,34)17-19-13-27(2)14-19/h11-12,18-19H,3-10,13-17H2,1-2H3. The van der Waals surface area contributed by atoms with Crippen molar-refractivity contribution in [3.63, 3.8) is 0 Å². The van der Waals surface area contributed by atoms with Crippen LogP contribution in [0.1, 0.15) is 32.6 Å². The smallest absolute Gasteiger partial charge is 0.410 e. The Morgan fingerprint density at radius 2 is 1.81 bits per heavy atom. The number of nitrogens with zero attached hydrogens (tertiary/aromatic N) is 6. The number of sulfonamides is 1. The number of piperidine rings is 1. The van der Waals surface area contributed by atoms with E-state index in [1.165, 1.54) is 21.6 Å². The fraction of sp³-hybridized carbons (Fsp3) is 0.750. The SMILES string of the molecule is CN1CC(CS(=O)(=O)N2CCN(c3cnc(OCC4CCN(C(=O)OC5(C)CC5)CC4)cn3)C(=O)C2)C1. The second-order valence-corrected chi connectivity index (χ2v) is 13.0. The lowest BCUT2D eigenvalue weighted by Gasteiger charge is -2.38. The van der Waals surface area contributed by atoms with Gasteiger partial charge in [0.15, 0.2) is 5.82 Å². The van der Waals surface area contributed by atoms with Crippen LogP contribution in [0.2, 0.25) is 0 Å². The first-order valence-corrected chi connectivity index (χ1v) is 14.6. The molecule has 1 aliphatic carbocycles. The molecule has 2 amide bonds. The summed E-state index contributed by atoms with van der Waals surface area (Å²) in [7, 11) is -1.51. The number of piperazine rings is 1. The quantitative estimate of drug-likeness (QED) is 0.474. The fourth-order valence-corrected chi connectivity index (χ4v) is 6.71. The molecule has 0 N–H and O–H groups in total. The first kappa shape index (κ1) is 26.1. The van der Waals surface area contributed by atoms with Crippen LogP contribution in [-0.2, 0) is 19.6 Å². The minimum absolute atomic E-state index is 0.0824. The molecule has 4 aliphatic rings. The van der Waals surface area contributed by atoms with Gasteiger partial charge in [-0.1, -0.05) is 0 Å². The summed E-state index contributed by atoms with van der Waals surface area (Å²) in [6.07, 6.45) is 6.29. The van der Waals surface area contributed by atoms with Crippen LogP contribution in [0.5, 0.6) is 5.88 Å². The zero-order valence-corrected chi connectivity index (χ0v) is 22.4. The summed E-state index contributed by atoms with van der Waals surface area (Å²) in [6, 6.07) is 0. The van der Waals surface area contributed by atoms with E-state index in [0.717, 1.165) is 38.8 Å². The normalized spacial score (nSPS) is 23.6. The molecule has 13 heteroatoms.